The lowest BCUT2D eigenvalue weighted by Gasteiger charge is -2.38. The molecule has 4 rings (SSSR count). The van der Waals surface area contributed by atoms with E-state index in [1.165, 1.54) is 6.26 Å². The molecule has 1 saturated carbocycles. The largest absolute Gasteiger partial charge is 0.483 e. The third-order valence-electron chi connectivity index (χ3n) is 6.08. The van der Waals surface area contributed by atoms with Gasteiger partial charge in [-0.1, -0.05) is 6.07 Å². The molecule has 0 aromatic carbocycles. The minimum absolute atomic E-state index is 0.0696. The molecule has 2 aromatic heterocycles. The maximum absolute atomic E-state index is 12.9. The molecule has 32 heavy (non-hydrogen) atoms. The summed E-state index contributed by atoms with van der Waals surface area (Å²) in [5.74, 6) is 1.86. The van der Waals surface area contributed by atoms with Crippen LogP contribution in [0.25, 0.3) is 0 Å². The molecule has 3 heterocycles. The number of piperazine rings is 1. The molecule has 1 aliphatic carbocycles. The van der Waals surface area contributed by atoms with Crippen molar-refractivity contribution in [3.05, 3.63) is 48.0 Å². The Morgan fingerprint density at radius 2 is 1.81 bits per heavy atom. The molecule has 2 fully saturated rings. The minimum Gasteiger partial charge on any atom is -0.483 e. The summed E-state index contributed by atoms with van der Waals surface area (Å²) < 4.78 is 5.21. The van der Waals surface area contributed by atoms with E-state index in [1.54, 1.807) is 19.2 Å². The maximum atomic E-state index is 12.9. The molecule has 9 nitrogen and oxygen atoms in total. The Morgan fingerprint density at radius 1 is 1.12 bits per heavy atom. The lowest BCUT2D eigenvalue weighted by atomic mass is 9.85. The first-order valence-electron chi connectivity index (χ1n) is 10.9. The van der Waals surface area contributed by atoms with E-state index < -0.39 is 0 Å². The third kappa shape index (κ3) is 5.87. The Labute approximate surface area is 187 Å². The molecule has 0 radical (unpaired) electrons. The summed E-state index contributed by atoms with van der Waals surface area (Å²) in [4.78, 5) is 42.3. The van der Waals surface area contributed by atoms with Crippen LogP contribution >= 0.6 is 0 Å². The van der Waals surface area contributed by atoms with Gasteiger partial charge in [-0.2, -0.15) is 0 Å². The molecule has 2 aromatic rings. The number of nitrogens with one attached hydrogen (secondary N) is 1. The van der Waals surface area contributed by atoms with E-state index in [-0.39, 0.29) is 30.2 Å². The number of hydrogen-bond acceptors (Lipinski definition) is 6. The van der Waals surface area contributed by atoms with Crippen LogP contribution in [-0.4, -0.2) is 65.5 Å². The monoisotopic (exact) mass is 442 g/mol. The van der Waals surface area contributed by atoms with Crippen LogP contribution in [-0.2, 0) is 9.59 Å². The van der Waals surface area contributed by atoms with Crippen molar-refractivity contribution in [1.29, 1.82) is 0 Å². The van der Waals surface area contributed by atoms with Crippen LogP contribution in [0.2, 0.25) is 0 Å². The molecule has 2 aliphatic rings. The number of hydrogen-bond donors (Lipinski definition) is 2. The number of carboxylic acid groups (broad SMARTS) is 1. The van der Waals surface area contributed by atoms with Gasteiger partial charge in [0.05, 0.1) is 11.8 Å². The van der Waals surface area contributed by atoms with E-state index in [9.17, 15) is 9.59 Å². The summed E-state index contributed by atoms with van der Waals surface area (Å²) in [7, 11) is 0. The number of nitrogens with zero attached hydrogens (tertiary/aromatic N) is 3. The second-order valence-electron chi connectivity index (χ2n) is 8.02. The van der Waals surface area contributed by atoms with Crippen molar-refractivity contribution in [2.24, 2.45) is 5.92 Å². The Hall–Kier alpha value is -3.36. The molecular formula is C23H30N4O5. The lowest BCUT2D eigenvalue weighted by molar-refractivity contribution is -0.137. The third-order valence-corrected chi connectivity index (χ3v) is 6.08. The van der Waals surface area contributed by atoms with Crippen LogP contribution in [0.1, 0.15) is 41.8 Å². The number of carbonyl (C=O) groups is 3. The summed E-state index contributed by atoms with van der Waals surface area (Å²) in [6.45, 7) is 4.66. The van der Waals surface area contributed by atoms with E-state index >= 15 is 0 Å². The quantitative estimate of drug-likeness (QED) is 0.698. The summed E-state index contributed by atoms with van der Waals surface area (Å²) >= 11 is 0. The predicted molar refractivity (Wildman–Crippen MR) is 118 cm³/mol. The fourth-order valence-electron chi connectivity index (χ4n) is 4.32. The van der Waals surface area contributed by atoms with Crippen molar-refractivity contribution in [1.82, 2.24) is 15.2 Å². The fraction of sp³-hybridized carbons (Fsp3) is 0.478. The zero-order valence-electron chi connectivity index (χ0n) is 18.3. The predicted octanol–water partition coefficient (Wildman–Crippen LogP) is 2.32. The Balaban J connectivity index is 0.000000913. The molecular weight excluding hydrogens is 412 g/mol. The molecule has 2 N–H and O–H groups in total. The van der Waals surface area contributed by atoms with Crippen LogP contribution in [0.4, 0.5) is 5.82 Å². The van der Waals surface area contributed by atoms with Gasteiger partial charge in [0.1, 0.15) is 11.6 Å². The van der Waals surface area contributed by atoms with Gasteiger partial charge in [-0.05, 0) is 50.8 Å². The van der Waals surface area contributed by atoms with Crippen molar-refractivity contribution in [3.63, 3.8) is 0 Å². The number of carbonyl (C=O) groups excluding carboxylic acids is 2. The van der Waals surface area contributed by atoms with Gasteiger partial charge in [-0.25, -0.2) is 4.98 Å². The van der Waals surface area contributed by atoms with Crippen LogP contribution in [0, 0.1) is 12.8 Å². The fourth-order valence-corrected chi connectivity index (χ4v) is 4.32. The van der Waals surface area contributed by atoms with Crippen LogP contribution in [0.5, 0.6) is 0 Å². The second kappa shape index (κ2) is 11.3. The SMILES string of the molecule is Cc1occc1C(=O)NC1CCC(C(=O)N2CCN(c3ccccn3)CC2)CC1.O=CO. The van der Waals surface area contributed by atoms with Gasteiger partial charge in [0.15, 0.2) is 0 Å². The molecule has 0 unspecified atom stereocenters. The maximum Gasteiger partial charge on any atom is 0.290 e. The standard InChI is InChI=1S/C22H28N4O3.CH2O2/c1-16-19(9-15-29-16)21(27)24-18-7-5-17(6-8-18)22(28)26-13-11-25(12-14-26)20-4-2-3-10-23-20;2-1-3/h2-4,9-10,15,17-18H,5-8,11-14H2,1H3,(H,24,27);1H,(H,2,3). The van der Waals surface area contributed by atoms with E-state index in [2.05, 4.69) is 15.2 Å². The molecule has 0 spiro atoms. The van der Waals surface area contributed by atoms with Crippen molar-refractivity contribution in [3.8, 4) is 0 Å². The number of rotatable bonds is 4. The first-order valence-corrected chi connectivity index (χ1v) is 10.9. The van der Waals surface area contributed by atoms with E-state index in [0.29, 0.717) is 11.3 Å². The summed E-state index contributed by atoms with van der Waals surface area (Å²) in [6, 6.07) is 7.74. The van der Waals surface area contributed by atoms with Crippen molar-refractivity contribution < 1.29 is 23.9 Å². The molecule has 2 amide bonds. The van der Waals surface area contributed by atoms with Gasteiger partial charge in [0.25, 0.3) is 12.4 Å². The van der Waals surface area contributed by atoms with Crippen LogP contribution < -0.4 is 10.2 Å². The van der Waals surface area contributed by atoms with Crippen molar-refractivity contribution in [2.45, 2.75) is 38.6 Å². The molecule has 9 heteroatoms. The number of amides is 2. The molecule has 1 saturated heterocycles. The van der Waals surface area contributed by atoms with Gasteiger partial charge >= 0.3 is 0 Å². The Kier molecular flexibility index (Phi) is 8.24. The zero-order valence-corrected chi connectivity index (χ0v) is 18.3. The van der Waals surface area contributed by atoms with Gasteiger partial charge < -0.3 is 24.6 Å². The summed E-state index contributed by atoms with van der Waals surface area (Å²) in [6.07, 6.45) is 6.68. The minimum atomic E-state index is -0.250. The highest BCUT2D eigenvalue weighted by Crippen LogP contribution is 2.27. The Morgan fingerprint density at radius 3 is 2.38 bits per heavy atom. The molecule has 0 atom stereocenters. The van der Waals surface area contributed by atoms with E-state index in [0.717, 1.165) is 57.7 Å². The average molecular weight is 443 g/mol. The second-order valence-corrected chi connectivity index (χ2v) is 8.02. The van der Waals surface area contributed by atoms with Crippen molar-refractivity contribution >= 4 is 24.1 Å². The number of anilines is 1. The van der Waals surface area contributed by atoms with E-state index in [1.807, 2.05) is 23.1 Å². The topological polar surface area (TPSA) is 116 Å². The van der Waals surface area contributed by atoms with Crippen LogP contribution in [0.15, 0.2) is 41.1 Å². The number of aryl methyl sites for hydroxylation is 1. The average Bonchev–Trinajstić information content (AvgIpc) is 3.26. The smallest absolute Gasteiger partial charge is 0.290 e. The highest BCUT2D eigenvalue weighted by atomic mass is 16.3. The first-order chi connectivity index (χ1) is 15.5. The number of pyridine rings is 1. The molecule has 1 aliphatic heterocycles. The number of aromatic nitrogens is 1. The molecule has 172 valence electrons. The normalized spacial score (nSPS) is 20.7. The highest BCUT2D eigenvalue weighted by molar-refractivity contribution is 5.95. The van der Waals surface area contributed by atoms with Gasteiger partial charge in [0, 0.05) is 44.3 Å². The summed E-state index contributed by atoms with van der Waals surface area (Å²) in [5.41, 5.74) is 0.592. The zero-order chi connectivity index (χ0) is 22.9. The van der Waals surface area contributed by atoms with Gasteiger partial charge in [0.2, 0.25) is 5.91 Å². The van der Waals surface area contributed by atoms with Gasteiger partial charge in [-0.15, -0.1) is 0 Å². The highest BCUT2D eigenvalue weighted by Gasteiger charge is 2.32. The molecule has 0 bridgehead atoms. The number of furan rings is 1. The lowest BCUT2D eigenvalue weighted by Crippen LogP contribution is -2.51. The van der Waals surface area contributed by atoms with E-state index in [4.69, 9.17) is 14.3 Å². The Bertz CT molecular complexity index is 885. The summed E-state index contributed by atoms with van der Waals surface area (Å²) in [5, 5.41) is 9.98. The first kappa shape index (κ1) is 23.3. The van der Waals surface area contributed by atoms with Crippen LogP contribution in [0.3, 0.4) is 0 Å². The van der Waals surface area contributed by atoms with Gasteiger partial charge in [-0.3, -0.25) is 14.4 Å². The van der Waals surface area contributed by atoms with Crippen molar-refractivity contribution in [2.75, 3.05) is 31.1 Å².